The Morgan fingerprint density at radius 3 is 2.09 bits per heavy atom. The van der Waals surface area contributed by atoms with Gasteiger partial charge in [0.15, 0.2) is 11.5 Å². The third-order valence-electron chi connectivity index (χ3n) is 5.12. The molecule has 0 radical (unpaired) electrons. The van der Waals surface area contributed by atoms with Crippen LogP contribution in [0.2, 0.25) is 0 Å². The predicted octanol–water partition coefficient (Wildman–Crippen LogP) is 7.61. The maximum absolute atomic E-state index is 8.77. The lowest BCUT2D eigenvalue weighted by atomic mass is 10.0. The van der Waals surface area contributed by atoms with Crippen LogP contribution in [0, 0.1) is 5.41 Å². The molecule has 1 aliphatic heterocycles. The van der Waals surface area contributed by atoms with Gasteiger partial charge in [-0.25, -0.2) is 0 Å². The van der Waals surface area contributed by atoms with Crippen molar-refractivity contribution in [3.8, 4) is 11.5 Å². The van der Waals surface area contributed by atoms with Gasteiger partial charge in [-0.3, -0.25) is 0 Å². The number of thioether (sulfide) groups is 1. The van der Waals surface area contributed by atoms with Crippen LogP contribution in [0.15, 0.2) is 102 Å². The third kappa shape index (κ3) is 5.65. The number of allylic oxidation sites excluding steroid dienone is 4. The Morgan fingerprint density at radius 2 is 1.42 bits per heavy atom. The summed E-state index contributed by atoms with van der Waals surface area (Å²) in [6, 6.07) is 26.4. The highest BCUT2D eigenvalue weighted by atomic mass is 32.2. The van der Waals surface area contributed by atoms with Gasteiger partial charge in [0.2, 0.25) is 0 Å². The standard InChI is InChI=1S/C29H27NO2S/c1-3-31-27-16-15-23(18-28(27)32-4-2)26(30)20-25-17-24(21-11-7-5-8-12-21)19-29(33-25)22-13-9-6-10-14-22/h5-20,30H,3-4H2,1-2H3/b25-20-,30-26?. The average Bonchev–Trinajstić information content (AvgIpc) is 2.86. The summed E-state index contributed by atoms with van der Waals surface area (Å²) in [6.07, 6.45) is 6.30. The summed E-state index contributed by atoms with van der Waals surface area (Å²) in [4.78, 5) is 2.18. The molecule has 0 aromatic heterocycles. The molecule has 1 N–H and O–H groups in total. The number of benzene rings is 3. The van der Waals surface area contributed by atoms with E-state index in [1.807, 2.05) is 50.3 Å². The maximum atomic E-state index is 8.77. The van der Waals surface area contributed by atoms with Crippen LogP contribution < -0.4 is 9.47 Å². The van der Waals surface area contributed by atoms with E-state index >= 15 is 0 Å². The minimum atomic E-state index is 0.430. The molecule has 1 aliphatic rings. The highest BCUT2D eigenvalue weighted by Crippen LogP contribution is 2.42. The Kier molecular flexibility index (Phi) is 7.48. The molecule has 0 bridgehead atoms. The highest BCUT2D eigenvalue weighted by Gasteiger charge is 2.15. The molecule has 1 heterocycles. The topological polar surface area (TPSA) is 42.3 Å². The molecule has 3 aromatic carbocycles. The number of rotatable bonds is 8. The second-order valence-electron chi connectivity index (χ2n) is 7.43. The van der Waals surface area contributed by atoms with Crippen molar-refractivity contribution in [2.75, 3.05) is 13.2 Å². The van der Waals surface area contributed by atoms with Crippen LogP contribution in [-0.4, -0.2) is 18.9 Å². The van der Waals surface area contributed by atoms with Crippen molar-refractivity contribution in [2.45, 2.75) is 13.8 Å². The average molecular weight is 454 g/mol. The van der Waals surface area contributed by atoms with Gasteiger partial charge in [-0.15, -0.1) is 0 Å². The lowest BCUT2D eigenvalue weighted by molar-refractivity contribution is 0.288. The first-order valence-electron chi connectivity index (χ1n) is 11.1. The summed E-state index contributed by atoms with van der Waals surface area (Å²) in [7, 11) is 0. The Hall–Kier alpha value is -3.50. The van der Waals surface area contributed by atoms with E-state index in [0.29, 0.717) is 30.4 Å². The summed E-state index contributed by atoms with van der Waals surface area (Å²) in [5, 5.41) is 8.77. The molecular formula is C29H27NO2S. The van der Waals surface area contributed by atoms with Gasteiger partial charge in [0.1, 0.15) is 0 Å². The van der Waals surface area contributed by atoms with Crippen molar-refractivity contribution in [3.63, 3.8) is 0 Å². The summed E-state index contributed by atoms with van der Waals surface area (Å²) < 4.78 is 11.4. The molecule has 0 amide bonds. The Balaban J connectivity index is 1.69. The zero-order valence-corrected chi connectivity index (χ0v) is 19.7. The number of nitrogens with one attached hydrogen (secondary N) is 1. The van der Waals surface area contributed by atoms with Gasteiger partial charge in [-0.2, -0.15) is 0 Å². The Labute approximate surface area is 200 Å². The van der Waals surface area contributed by atoms with Gasteiger partial charge in [0.25, 0.3) is 0 Å². The molecular weight excluding hydrogens is 426 g/mol. The lowest BCUT2D eigenvalue weighted by Crippen LogP contribution is -2.02. The first-order valence-corrected chi connectivity index (χ1v) is 11.9. The fraction of sp³-hybridized carbons (Fsp3) is 0.138. The monoisotopic (exact) mass is 453 g/mol. The molecule has 3 aromatic rings. The normalized spacial score (nSPS) is 14.4. The van der Waals surface area contributed by atoms with Crippen LogP contribution in [0.3, 0.4) is 0 Å². The number of hydrogen-bond donors (Lipinski definition) is 1. The zero-order chi connectivity index (χ0) is 23.0. The molecule has 3 nitrogen and oxygen atoms in total. The second kappa shape index (κ2) is 10.9. The van der Waals surface area contributed by atoms with Crippen molar-refractivity contribution in [2.24, 2.45) is 0 Å². The van der Waals surface area contributed by atoms with E-state index in [1.165, 1.54) is 5.56 Å². The van der Waals surface area contributed by atoms with Crippen molar-refractivity contribution in [3.05, 3.63) is 119 Å². The minimum Gasteiger partial charge on any atom is -0.490 e. The molecule has 4 rings (SSSR count). The predicted molar refractivity (Wildman–Crippen MR) is 140 cm³/mol. The largest absolute Gasteiger partial charge is 0.490 e. The van der Waals surface area contributed by atoms with Crippen LogP contribution >= 0.6 is 11.8 Å². The molecule has 0 aliphatic carbocycles. The second-order valence-corrected chi connectivity index (χ2v) is 8.55. The van der Waals surface area contributed by atoms with Crippen LogP contribution in [0.5, 0.6) is 11.5 Å². The fourth-order valence-corrected chi connectivity index (χ4v) is 4.64. The highest BCUT2D eigenvalue weighted by molar-refractivity contribution is 8.12. The Morgan fingerprint density at radius 1 is 0.788 bits per heavy atom. The van der Waals surface area contributed by atoms with Crippen molar-refractivity contribution >= 4 is 28.0 Å². The molecule has 0 fully saturated rings. The van der Waals surface area contributed by atoms with Gasteiger partial charge in [0, 0.05) is 15.4 Å². The number of hydrogen-bond acceptors (Lipinski definition) is 4. The van der Waals surface area contributed by atoms with Crippen LogP contribution in [-0.2, 0) is 0 Å². The van der Waals surface area contributed by atoms with E-state index in [4.69, 9.17) is 14.9 Å². The molecule has 0 atom stereocenters. The first kappa shape index (κ1) is 22.7. The van der Waals surface area contributed by atoms with Crippen LogP contribution in [0.25, 0.3) is 10.5 Å². The van der Waals surface area contributed by atoms with E-state index in [2.05, 4.69) is 60.7 Å². The van der Waals surface area contributed by atoms with Crippen LogP contribution in [0.4, 0.5) is 0 Å². The van der Waals surface area contributed by atoms with Crippen molar-refractivity contribution in [1.29, 1.82) is 5.41 Å². The third-order valence-corrected chi connectivity index (χ3v) is 6.16. The SMILES string of the molecule is CCOc1ccc(C(=N)/C=C2/C=C(c3ccccc3)C=C(c3ccccc3)S2)cc1OCC. The first-order chi connectivity index (χ1) is 16.2. The summed E-state index contributed by atoms with van der Waals surface area (Å²) in [5.74, 6) is 1.37. The van der Waals surface area contributed by atoms with E-state index < -0.39 is 0 Å². The van der Waals surface area contributed by atoms with E-state index in [1.54, 1.807) is 11.8 Å². The molecule has 0 saturated heterocycles. The Bertz CT molecular complexity index is 1210. The minimum absolute atomic E-state index is 0.430. The molecule has 0 spiro atoms. The van der Waals surface area contributed by atoms with Gasteiger partial charge < -0.3 is 14.9 Å². The summed E-state index contributed by atoms with van der Waals surface area (Å²) in [6.45, 7) is 5.01. The fourth-order valence-electron chi connectivity index (χ4n) is 3.58. The van der Waals surface area contributed by atoms with E-state index in [9.17, 15) is 0 Å². The molecule has 166 valence electrons. The van der Waals surface area contributed by atoms with Gasteiger partial charge in [-0.1, -0.05) is 72.4 Å². The smallest absolute Gasteiger partial charge is 0.161 e. The molecule has 0 saturated carbocycles. The summed E-state index contributed by atoms with van der Waals surface area (Å²) >= 11 is 1.68. The molecule has 33 heavy (non-hydrogen) atoms. The van der Waals surface area contributed by atoms with Crippen LogP contribution in [0.1, 0.15) is 30.5 Å². The summed E-state index contributed by atoms with van der Waals surface area (Å²) in [5.41, 5.74) is 4.68. The number of ether oxygens (including phenoxy) is 2. The lowest BCUT2D eigenvalue weighted by Gasteiger charge is -2.17. The van der Waals surface area contributed by atoms with Gasteiger partial charge >= 0.3 is 0 Å². The van der Waals surface area contributed by atoms with Gasteiger partial charge in [0.05, 0.1) is 18.9 Å². The van der Waals surface area contributed by atoms with Gasteiger partial charge in [-0.05, 0) is 67.0 Å². The van der Waals surface area contributed by atoms with Crippen molar-refractivity contribution < 1.29 is 9.47 Å². The van der Waals surface area contributed by atoms with E-state index in [-0.39, 0.29) is 0 Å². The maximum Gasteiger partial charge on any atom is 0.161 e. The quantitative estimate of drug-likeness (QED) is 0.357. The molecule has 0 unspecified atom stereocenters. The van der Waals surface area contributed by atoms with Crippen molar-refractivity contribution in [1.82, 2.24) is 0 Å². The zero-order valence-electron chi connectivity index (χ0n) is 18.9. The van der Waals surface area contributed by atoms with E-state index in [0.717, 1.165) is 26.5 Å². The molecule has 4 heteroatoms.